The number of aromatic hydroxyl groups is 2. The number of carbonyl (C=O) groups excluding carboxylic acids is 1. The summed E-state index contributed by atoms with van der Waals surface area (Å²) in [6.45, 7) is 4.85. The number of amides is 1. The van der Waals surface area contributed by atoms with Gasteiger partial charge in [-0.2, -0.15) is 0 Å². The highest BCUT2D eigenvalue weighted by Crippen LogP contribution is 2.31. The lowest BCUT2D eigenvalue weighted by Crippen LogP contribution is -2.49. The van der Waals surface area contributed by atoms with E-state index >= 15 is 0 Å². The first kappa shape index (κ1) is 23.8. The zero-order chi connectivity index (χ0) is 24.9. The van der Waals surface area contributed by atoms with E-state index in [0.717, 1.165) is 32.7 Å². The molecule has 4 aromatic rings. The first-order valence-corrected chi connectivity index (χ1v) is 12.2. The number of nitrogens with zero attached hydrogens (tertiary/aromatic N) is 3. The number of rotatable bonds is 7. The molecule has 5 rings (SSSR count). The molecule has 0 spiro atoms. The van der Waals surface area contributed by atoms with Gasteiger partial charge in [0.15, 0.2) is 0 Å². The zero-order valence-corrected chi connectivity index (χ0v) is 20.0. The van der Waals surface area contributed by atoms with Crippen LogP contribution >= 0.6 is 0 Å². The molecule has 1 atom stereocenters. The molecule has 1 aliphatic heterocycles. The average Bonchev–Trinajstić information content (AvgIpc) is 2.91. The zero-order valence-electron chi connectivity index (χ0n) is 20.0. The van der Waals surface area contributed by atoms with Gasteiger partial charge in [0.2, 0.25) is 0 Å². The van der Waals surface area contributed by atoms with E-state index < -0.39 is 0 Å². The molecular formula is C29H30N4O3. The van der Waals surface area contributed by atoms with Crippen LogP contribution in [0, 0.1) is 0 Å². The molecule has 0 saturated carbocycles. The summed E-state index contributed by atoms with van der Waals surface area (Å²) in [6.07, 6.45) is 3.75. The Morgan fingerprint density at radius 1 is 0.889 bits per heavy atom. The van der Waals surface area contributed by atoms with Gasteiger partial charge >= 0.3 is 0 Å². The normalized spacial score (nSPS) is 15.6. The molecule has 1 fully saturated rings. The minimum Gasteiger partial charge on any atom is -0.507 e. The van der Waals surface area contributed by atoms with Gasteiger partial charge in [-0.3, -0.25) is 19.6 Å². The molecule has 7 heteroatoms. The van der Waals surface area contributed by atoms with Crippen LogP contribution in [0.15, 0.2) is 85.2 Å². The first-order chi connectivity index (χ1) is 17.6. The lowest BCUT2D eigenvalue weighted by molar-refractivity contribution is 0.0918. The van der Waals surface area contributed by atoms with Gasteiger partial charge < -0.3 is 15.5 Å². The molecule has 3 aromatic carbocycles. The number of aromatic nitrogens is 1. The van der Waals surface area contributed by atoms with E-state index in [0.29, 0.717) is 17.3 Å². The lowest BCUT2D eigenvalue weighted by Gasteiger charge is -2.39. The number of hydrogen-bond donors (Lipinski definition) is 3. The number of phenolic OH excluding ortho intramolecular Hbond substituents is 2. The van der Waals surface area contributed by atoms with Crippen molar-refractivity contribution in [2.24, 2.45) is 0 Å². The van der Waals surface area contributed by atoms with Gasteiger partial charge in [-0.1, -0.05) is 48.5 Å². The summed E-state index contributed by atoms with van der Waals surface area (Å²) >= 11 is 0. The molecule has 7 nitrogen and oxygen atoms in total. The van der Waals surface area contributed by atoms with Gasteiger partial charge in [-0.25, -0.2) is 0 Å². The van der Waals surface area contributed by atoms with Crippen LogP contribution in [-0.4, -0.2) is 70.2 Å². The topological polar surface area (TPSA) is 88.9 Å². The highest BCUT2D eigenvalue weighted by atomic mass is 16.3. The van der Waals surface area contributed by atoms with E-state index in [2.05, 4.69) is 50.4 Å². The molecule has 1 saturated heterocycles. The SMILES string of the molecule is O=C(NCCN1CCN(C(c2ccccc2)c2cccnc2)CC1)c1cc2cccc(O)c2cc1O. The number of phenols is 2. The molecule has 0 radical (unpaired) electrons. The van der Waals surface area contributed by atoms with Crippen LogP contribution in [-0.2, 0) is 0 Å². The van der Waals surface area contributed by atoms with Gasteiger partial charge in [0.05, 0.1) is 11.6 Å². The molecule has 36 heavy (non-hydrogen) atoms. The van der Waals surface area contributed by atoms with Crippen LogP contribution in [0.2, 0.25) is 0 Å². The van der Waals surface area contributed by atoms with Crippen LogP contribution < -0.4 is 5.32 Å². The molecule has 3 N–H and O–H groups in total. The second-order valence-electron chi connectivity index (χ2n) is 9.10. The molecule has 0 bridgehead atoms. The van der Waals surface area contributed by atoms with E-state index in [1.54, 1.807) is 30.5 Å². The fraction of sp³-hybridized carbons (Fsp3) is 0.241. The quantitative estimate of drug-likeness (QED) is 0.372. The van der Waals surface area contributed by atoms with E-state index in [1.165, 1.54) is 17.2 Å². The van der Waals surface area contributed by atoms with Crippen LogP contribution in [0.4, 0.5) is 0 Å². The summed E-state index contributed by atoms with van der Waals surface area (Å²) in [5.74, 6) is -0.388. The fourth-order valence-corrected chi connectivity index (χ4v) is 4.93. The summed E-state index contributed by atoms with van der Waals surface area (Å²) < 4.78 is 0. The number of carbonyl (C=O) groups is 1. The van der Waals surface area contributed by atoms with Crippen molar-refractivity contribution in [2.75, 3.05) is 39.3 Å². The van der Waals surface area contributed by atoms with Gasteiger partial charge in [-0.15, -0.1) is 0 Å². The van der Waals surface area contributed by atoms with Crippen molar-refractivity contribution < 1.29 is 15.0 Å². The Labute approximate surface area is 210 Å². The first-order valence-electron chi connectivity index (χ1n) is 12.2. The molecule has 1 aliphatic rings. The number of piperazine rings is 1. The monoisotopic (exact) mass is 482 g/mol. The number of hydrogen-bond acceptors (Lipinski definition) is 6. The Kier molecular flexibility index (Phi) is 7.11. The second-order valence-corrected chi connectivity index (χ2v) is 9.10. The fourth-order valence-electron chi connectivity index (χ4n) is 4.93. The van der Waals surface area contributed by atoms with Crippen molar-refractivity contribution in [3.8, 4) is 11.5 Å². The van der Waals surface area contributed by atoms with Crippen LogP contribution in [0.5, 0.6) is 11.5 Å². The molecule has 0 aliphatic carbocycles. The summed E-state index contributed by atoms with van der Waals surface area (Å²) in [5, 5.41) is 24.4. The highest BCUT2D eigenvalue weighted by molar-refractivity contribution is 6.02. The standard InChI is InChI=1S/C29H30N4O3/c34-26-10-4-8-22-18-25(27(35)19-24(22)26)29(36)31-12-13-32-14-16-33(17-15-32)28(21-6-2-1-3-7-21)23-9-5-11-30-20-23/h1-11,18-20,28,34-35H,12-17H2,(H,31,36). The Morgan fingerprint density at radius 3 is 2.42 bits per heavy atom. The minimum absolute atomic E-state index is 0.0759. The van der Waals surface area contributed by atoms with Crippen LogP contribution in [0.3, 0.4) is 0 Å². The van der Waals surface area contributed by atoms with Crippen molar-refractivity contribution in [1.29, 1.82) is 0 Å². The predicted octanol–water partition coefficient (Wildman–Crippen LogP) is 3.78. The molecule has 2 heterocycles. The third kappa shape index (κ3) is 5.17. The summed E-state index contributed by atoms with van der Waals surface area (Å²) in [7, 11) is 0. The van der Waals surface area contributed by atoms with Gasteiger partial charge in [-0.05, 0) is 40.8 Å². The van der Waals surface area contributed by atoms with Crippen LogP contribution in [0.1, 0.15) is 27.5 Å². The maximum absolute atomic E-state index is 12.7. The van der Waals surface area contributed by atoms with Crippen molar-refractivity contribution in [1.82, 2.24) is 20.1 Å². The van der Waals surface area contributed by atoms with Crippen molar-refractivity contribution >= 4 is 16.7 Å². The maximum atomic E-state index is 12.7. The highest BCUT2D eigenvalue weighted by Gasteiger charge is 2.26. The van der Waals surface area contributed by atoms with Gasteiger partial charge in [0.25, 0.3) is 5.91 Å². The minimum atomic E-state index is -0.322. The van der Waals surface area contributed by atoms with Gasteiger partial charge in [0, 0.05) is 57.0 Å². The summed E-state index contributed by atoms with van der Waals surface area (Å²) in [6, 6.07) is 22.9. The predicted molar refractivity (Wildman–Crippen MR) is 140 cm³/mol. The number of nitrogens with one attached hydrogen (secondary N) is 1. The molecule has 184 valence electrons. The summed E-state index contributed by atoms with van der Waals surface area (Å²) in [4.78, 5) is 21.9. The Balaban J connectivity index is 1.17. The summed E-state index contributed by atoms with van der Waals surface area (Å²) in [5.41, 5.74) is 2.66. The Bertz CT molecular complexity index is 1280. The van der Waals surface area contributed by atoms with Crippen molar-refractivity contribution in [3.05, 3.63) is 102 Å². The molecular weight excluding hydrogens is 452 g/mol. The van der Waals surface area contributed by atoms with E-state index in [4.69, 9.17) is 0 Å². The van der Waals surface area contributed by atoms with E-state index in [9.17, 15) is 15.0 Å². The van der Waals surface area contributed by atoms with E-state index in [1.807, 2.05) is 18.3 Å². The molecule has 1 aromatic heterocycles. The third-order valence-electron chi connectivity index (χ3n) is 6.82. The number of pyridine rings is 1. The van der Waals surface area contributed by atoms with Gasteiger partial charge in [0.1, 0.15) is 11.5 Å². The Hall–Kier alpha value is -3.94. The molecule has 1 unspecified atom stereocenters. The number of benzene rings is 3. The van der Waals surface area contributed by atoms with Crippen molar-refractivity contribution in [2.45, 2.75) is 6.04 Å². The smallest absolute Gasteiger partial charge is 0.255 e. The average molecular weight is 483 g/mol. The number of fused-ring (bicyclic) bond motifs is 1. The van der Waals surface area contributed by atoms with Crippen molar-refractivity contribution in [3.63, 3.8) is 0 Å². The third-order valence-corrected chi connectivity index (χ3v) is 6.82. The van der Waals surface area contributed by atoms with E-state index in [-0.39, 0.29) is 29.0 Å². The Morgan fingerprint density at radius 2 is 1.67 bits per heavy atom. The maximum Gasteiger partial charge on any atom is 0.255 e. The van der Waals surface area contributed by atoms with Crippen LogP contribution in [0.25, 0.3) is 10.8 Å². The lowest BCUT2D eigenvalue weighted by atomic mass is 9.98. The largest absolute Gasteiger partial charge is 0.507 e. The second kappa shape index (κ2) is 10.8. The molecule has 1 amide bonds.